The van der Waals surface area contributed by atoms with Crippen LogP contribution in [0.4, 0.5) is 0 Å². The SMILES string of the molecule is C=[CH][Sn]([CH2]C)([CH2]C)[CH2]C. The zero-order valence-electron chi connectivity index (χ0n) is 6.91. The Balaban J connectivity index is 3.98. The second kappa shape index (κ2) is 4.37. The molecule has 54 valence electrons. The first-order chi connectivity index (χ1) is 4.24. The topological polar surface area (TPSA) is 0 Å². The van der Waals surface area contributed by atoms with Gasteiger partial charge in [-0.2, -0.15) is 0 Å². The first-order valence-corrected chi connectivity index (χ1v) is 11.6. The Morgan fingerprint density at radius 3 is 1.44 bits per heavy atom. The van der Waals surface area contributed by atoms with Crippen molar-refractivity contribution in [2.45, 2.75) is 34.1 Å². The Labute approximate surface area is 63.2 Å². The van der Waals surface area contributed by atoms with E-state index in [1.165, 1.54) is 13.3 Å². The zero-order chi connectivity index (χ0) is 7.33. The van der Waals surface area contributed by atoms with Gasteiger partial charge in [-0.15, -0.1) is 0 Å². The average Bonchev–Trinajstić information content (AvgIpc) is 1.95. The van der Waals surface area contributed by atoms with Gasteiger partial charge in [0.15, 0.2) is 0 Å². The monoisotopic (exact) mass is 234 g/mol. The van der Waals surface area contributed by atoms with Gasteiger partial charge < -0.3 is 0 Å². The second-order valence-electron chi connectivity index (χ2n) is 2.63. The van der Waals surface area contributed by atoms with Crippen LogP contribution in [0.5, 0.6) is 0 Å². The zero-order valence-corrected chi connectivity index (χ0v) is 9.76. The van der Waals surface area contributed by atoms with Gasteiger partial charge in [0.1, 0.15) is 0 Å². The molecule has 0 saturated heterocycles. The van der Waals surface area contributed by atoms with Crippen LogP contribution in [0, 0.1) is 0 Å². The van der Waals surface area contributed by atoms with Crippen molar-refractivity contribution < 1.29 is 0 Å². The van der Waals surface area contributed by atoms with Gasteiger partial charge in [-0.25, -0.2) is 0 Å². The van der Waals surface area contributed by atoms with Gasteiger partial charge in [-0.05, 0) is 0 Å². The summed E-state index contributed by atoms with van der Waals surface area (Å²) in [6.07, 6.45) is 0. The van der Waals surface area contributed by atoms with Crippen molar-refractivity contribution in [2.24, 2.45) is 0 Å². The molecule has 0 spiro atoms. The van der Waals surface area contributed by atoms with E-state index in [1.807, 2.05) is 0 Å². The summed E-state index contributed by atoms with van der Waals surface area (Å²) < 4.78 is 6.62. The molecule has 0 aromatic rings. The Hall–Kier alpha value is 0.539. The van der Waals surface area contributed by atoms with E-state index in [-0.39, 0.29) is 0 Å². The molecule has 0 aliphatic carbocycles. The summed E-state index contributed by atoms with van der Waals surface area (Å²) in [5, 5.41) is 0. The summed E-state index contributed by atoms with van der Waals surface area (Å²) in [5.41, 5.74) is 0. The first kappa shape index (κ1) is 9.54. The van der Waals surface area contributed by atoms with Crippen molar-refractivity contribution in [1.82, 2.24) is 0 Å². The molecule has 0 heterocycles. The van der Waals surface area contributed by atoms with Crippen molar-refractivity contribution >= 4 is 18.4 Å². The van der Waals surface area contributed by atoms with Gasteiger partial charge in [0.25, 0.3) is 0 Å². The molecule has 0 aliphatic heterocycles. The molecule has 1 heteroatoms. The van der Waals surface area contributed by atoms with Crippen molar-refractivity contribution in [3.05, 3.63) is 10.7 Å². The van der Waals surface area contributed by atoms with Crippen LogP contribution < -0.4 is 0 Å². The van der Waals surface area contributed by atoms with Gasteiger partial charge in [0.2, 0.25) is 0 Å². The predicted octanol–water partition coefficient (Wildman–Crippen LogP) is 3.22. The van der Waals surface area contributed by atoms with Crippen LogP contribution in [0.25, 0.3) is 0 Å². The molecule has 0 unspecified atom stereocenters. The molecule has 0 radical (unpaired) electrons. The van der Waals surface area contributed by atoms with Crippen molar-refractivity contribution in [3.63, 3.8) is 0 Å². The molecule has 0 atom stereocenters. The fourth-order valence-electron chi connectivity index (χ4n) is 1.18. The molecule has 0 N–H and O–H groups in total. The van der Waals surface area contributed by atoms with E-state index < -0.39 is 18.4 Å². The number of hydrogen-bond donors (Lipinski definition) is 0. The molecule has 0 rings (SSSR count). The fraction of sp³-hybridized carbons (Fsp3) is 0.750. The van der Waals surface area contributed by atoms with Gasteiger partial charge in [0, 0.05) is 0 Å². The summed E-state index contributed by atoms with van der Waals surface area (Å²) in [6.45, 7) is 10.9. The Morgan fingerprint density at radius 1 is 1.11 bits per heavy atom. The Kier molecular flexibility index (Phi) is 4.63. The molecular weight excluding hydrogens is 215 g/mol. The van der Waals surface area contributed by atoms with Crippen molar-refractivity contribution in [1.29, 1.82) is 0 Å². The minimum absolute atomic E-state index is 1.44. The third kappa shape index (κ3) is 2.32. The predicted molar refractivity (Wildman–Crippen MR) is 47.4 cm³/mol. The Bertz CT molecular complexity index is 74.3. The third-order valence-corrected chi connectivity index (χ3v) is 17.1. The molecule has 0 saturated carbocycles. The fourth-order valence-corrected chi connectivity index (χ4v) is 7.94. The van der Waals surface area contributed by atoms with Gasteiger partial charge in [-0.3, -0.25) is 0 Å². The molecule has 0 aliphatic rings. The van der Waals surface area contributed by atoms with Crippen molar-refractivity contribution in [2.75, 3.05) is 0 Å². The molecule has 9 heavy (non-hydrogen) atoms. The maximum atomic E-state index is 3.94. The second-order valence-corrected chi connectivity index (χ2v) is 17.6. The number of hydrogen-bond acceptors (Lipinski definition) is 0. The van der Waals surface area contributed by atoms with Gasteiger partial charge in [0.05, 0.1) is 0 Å². The van der Waals surface area contributed by atoms with E-state index in [4.69, 9.17) is 0 Å². The molecule has 0 fully saturated rings. The van der Waals surface area contributed by atoms with E-state index in [9.17, 15) is 0 Å². The molecule has 0 bridgehead atoms. The summed E-state index contributed by atoms with van der Waals surface area (Å²) in [5.74, 6) is 0. The van der Waals surface area contributed by atoms with Crippen LogP contribution in [0.3, 0.4) is 0 Å². The summed E-state index contributed by atoms with van der Waals surface area (Å²) in [7, 11) is 0. The summed E-state index contributed by atoms with van der Waals surface area (Å²) in [6, 6.07) is 0. The normalized spacial score (nSPS) is 11.4. The van der Waals surface area contributed by atoms with Crippen LogP contribution in [0.1, 0.15) is 20.8 Å². The molecule has 0 amide bonds. The van der Waals surface area contributed by atoms with E-state index in [2.05, 4.69) is 31.4 Å². The van der Waals surface area contributed by atoms with Gasteiger partial charge >= 0.3 is 63.1 Å². The van der Waals surface area contributed by atoms with Crippen LogP contribution in [0.15, 0.2) is 10.7 Å². The summed E-state index contributed by atoms with van der Waals surface area (Å²) in [4.78, 5) is 0. The minimum atomic E-state index is -1.62. The molecule has 0 aromatic heterocycles. The van der Waals surface area contributed by atoms with Crippen LogP contribution in [0.2, 0.25) is 13.3 Å². The Morgan fingerprint density at radius 2 is 1.44 bits per heavy atom. The van der Waals surface area contributed by atoms with E-state index in [0.717, 1.165) is 0 Å². The molecule has 0 aromatic carbocycles. The van der Waals surface area contributed by atoms with Crippen molar-refractivity contribution in [3.8, 4) is 0 Å². The van der Waals surface area contributed by atoms with Crippen LogP contribution in [-0.4, -0.2) is 18.4 Å². The molecule has 0 nitrogen and oxygen atoms in total. The van der Waals surface area contributed by atoms with Crippen LogP contribution >= 0.6 is 0 Å². The number of rotatable bonds is 4. The quantitative estimate of drug-likeness (QED) is 0.654. The third-order valence-electron chi connectivity index (χ3n) is 2.55. The van der Waals surface area contributed by atoms with Crippen LogP contribution in [-0.2, 0) is 0 Å². The maximum absolute atomic E-state index is 3.94. The first-order valence-electron chi connectivity index (χ1n) is 3.88. The molecular formula is C8H18Sn. The standard InChI is InChI=1S/3C2H5.C2H3.Sn/c4*1-2;/h3*1H2,2H3;1H,2H2;. The van der Waals surface area contributed by atoms with E-state index in [0.29, 0.717) is 0 Å². The van der Waals surface area contributed by atoms with E-state index >= 15 is 0 Å². The van der Waals surface area contributed by atoms with E-state index in [1.54, 1.807) is 0 Å². The van der Waals surface area contributed by atoms with Gasteiger partial charge in [-0.1, -0.05) is 0 Å². The summed E-state index contributed by atoms with van der Waals surface area (Å²) >= 11 is -1.62. The average molecular weight is 233 g/mol.